The van der Waals surface area contributed by atoms with Crippen molar-refractivity contribution in [1.29, 1.82) is 0 Å². The van der Waals surface area contributed by atoms with Crippen molar-refractivity contribution < 1.29 is 0 Å². The fraction of sp³-hybridized carbons (Fsp3) is 1.00. The molecule has 1 aliphatic carbocycles. The Balaban J connectivity index is 1.55. The smallest absolute Gasteiger partial charge is 0.0235 e. The highest BCUT2D eigenvalue weighted by Crippen LogP contribution is 2.41. The summed E-state index contributed by atoms with van der Waals surface area (Å²) in [5.41, 5.74) is 6.56. The Hall–Kier alpha value is -0.120. The minimum Gasteiger partial charge on any atom is -0.328 e. The van der Waals surface area contributed by atoms with E-state index in [0.717, 1.165) is 12.1 Å². The van der Waals surface area contributed by atoms with Gasteiger partial charge in [-0.2, -0.15) is 0 Å². The summed E-state index contributed by atoms with van der Waals surface area (Å²) < 4.78 is 0. The lowest BCUT2D eigenvalue weighted by atomic mass is 9.86. The summed E-state index contributed by atoms with van der Waals surface area (Å²) >= 11 is 0. The number of piperidine rings is 1. The van der Waals surface area contributed by atoms with E-state index in [1.807, 2.05) is 0 Å². The first-order valence-electron chi connectivity index (χ1n) is 8.30. The van der Waals surface area contributed by atoms with E-state index in [4.69, 9.17) is 5.73 Å². The fourth-order valence-electron chi connectivity index (χ4n) is 4.62. The molecule has 0 spiro atoms. The van der Waals surface area contributed by atoms with Crippen LogP contribution in [0.5, 0.6) is 0 Å². The molecule has 3 fully saturated rings. The van der Waals surface area contributed by atoms with Gasteiger partial charge in [-0.3, -0.25) is 9.80 Å². The van der Waals surface area contributed by atoms with Crippen molar-refractivity contribution in [2.24, 2.45) is 11.1 Å². The van der Waals surface area contributed by atoms with Crippen molar-refractivity contribution in [1.82, 2.24) is 9.80 Å². The van der Waals surface area contributed by atoms with E-state index >= 15 is 0 Å². The van der Waals surface area contributed by atoms with Crippen molar-refractivity contribution in [3.05, 3.63) is 0 Å². The molecule has 2 aliphatic heterocycles. The maximum absolute atomic E-state index is 6.02. The Labute approximate surface area is 118 Å². The monoisotopic (exact) mass is 265 g/mol. The predicted molar refractivity (Wildman–Crippen MR) is 80.2 cm³/mol. The number of nitrogens with zero attached hydrogens (tertiary/aromatic N) is 2. The van der Waals surface area contributed by atoms with Crippen LogP contribution in [0.4, 0.5) is 0 Å². The topological polar surface area (TPSA) is 32.5 Å². The summed E-state index contributed by atoms with van der Waals surface area (Å²) in [5.74, 6) is 0. The van der Waals surface area contributed by atoms with Crippen LogP contribution in [0.3, 0.4) is 0 Å². The van der Waals surface area contributed by atoms with E-state index in [9.17, 15) is 0 Å². The third-order valence-electron chi connectivity index (χ3n) is 5.93. The van der Waals surface area contributed by atoms with E-state index in [1.165, 1.54) is 64.7 Å². The highest BCUT2D eigenvalue weighted by molar-refractivity contribution is 4.97. The fourth-order valence-corrected chi connectivity index (χ4v) is 4.62. The normalized spacial score (nSPS) is 38.1. The van der Waals surface area contributed by atoms with Gasteiger partial charge in [0.2, 0.25) is 0 Å². The summed E-state index contributed by atoms with van der Waals surface area (Å²) in [5, 5.41) is 0. The summed E-state index contributed by atoms with van der Waals surface area (Å²) in [4.78, 5) is 5.51. The molecule has 110 valence electrons. The molecule has 2 unspecified atom stereocenters. The first-order chi connectivity index (χ1) is 9.06. The molecular weight excluding hydrogens is 234 g/mol. The van der Waals surface area contributed by atoms with Crippen LogP contribution in [0.2, 0.25) is 0 Å². The number of nitrogens with two attached hydrogens (primary N) is 1. The van der Waals surface area contributed by atoms with Gasteiger partial charge >= 0.3 is 0 Å². The number of hydrogen-bond donors (Lipinski definition) is 1. The van der Waals surface area contributed by atoms with Gasteiger partial charge in [0.25, 0.3) is 0 Å². The molecule has 0 aromatic rings. The van der Waals surface area contributed by atoms with Crippen LogP contribution in [0.15, 0.2) is 0 Å². The van der Waals surface area contributed by atoms with Crippen LogP contribution in [0.1, 0.15) is 52.4 Å². The largest absolute Gasteiger partial charge is 0.328 e. The van der Waals surface area contributed by atoms with Crippen LogP contribution in [-0.4, -0.2) is 54.1 Å². The van der Waals surface area contributed by atoms with Crippen molar-refractivity contribution in [2.75, 3.05) is 26.2 Å². The Morgan fingerprint density at radius 3 is 2.26 bits per heavy atom. The summed E-state index contributed by atoms with van der Waals surface area (Å²) in [7, 11) is 0. The molecule has 0 aromatic heterocycles. The molecule has 3 nitrogen and oxygen atoms in total. The second kappa shape index (κ2) is 5.34. The zero-order valence-corrected chi connectivity index (χ0v) is 12.8. The zero-order valence-electron chi connectivity index (χ0n) is 12.8. The molecule has 2 N–H and O–H groups in total. The van der Waals surface area contributed by atoms with E-state index in [1.54, 1.807) is 0 Å². The van der Waals surface area contributed by atoms with E-state index in [-0.39, 0.29) is 0 Å². The predicted octanol–water partition coefficient (Wildman–Crippen LogP) is 2.06. The second-order valence-electron chi connectivity index (χ2n) is 7.71. The molecule has 0 aromatic carbocycles. The van der Waals surface area contributed by atoms with Gasteiger partial charge in [-0.05, 0) is 50.6 Å². The maximum atomic E-state index is 6.02. The lowest BCUT2D eigenvalue weighted by Crippen LogP contribution is -2.47. The first kappa shape index (κ1) is 13.8. The summed E-state index contributed by atoms with van der Waals surface area (Å²) in [6, 6.07) is 2.11. The average Bonchev–Trinajstić information content (AvgIpc) is 2.96. The Morgan fingerprint density at radius 2 is 1.63 bits per heavy atom. The molecule has 1 saturated carbocycles. The molecule has 0 bridgehead atoms. The van der Waals surface area contributed by atoms with Gasteiger partial charge in [0, 0.05) is 31.2 Å². The SMILES string of the molecule is CC1(C)CCCC1N1CCC(N2CCC(N)CC2)C1. The van der Waals surface area contributed by atoms with Gasteiger partial charge in [-0.25, -0.2) is 0 Å². The standard InChI is InChI=1S/C16H31N3/c1-16(2)8-3-4-15(16)19-11-7-14(12-19)18-9-5-13(17)6-10-18/h13-15H,3-12,17H2,1-2H3. The summed E-state index contributed by atoms with van der Waals surface area (Å²) in [6.07, 6.45) is 8.04. The quantitative estimate of drug-likeness (QED) is 0.829. The van der Waals surface area contributed by atoms with Crippen molar-refractivity contribution in [3.8, 4) is 0 Å². The zero-order chi connectivity index (χ0) is 13.5. The molecule has 2 atom stereocenters. The minimum absolute atomic E-state index is 0.461. The summed E-state index contributed by atoms with van der Waals surface area (Å²) in [6.45, 7) is 10.0. The molecular formula is C16H31N3. The average molecular weight is 265 g/mol. The van der Waals surface area contributed by atoms with Crippen molar-refractivity contribution >= 4 is 0 Å². The van der Waals surface area contributed by atoms with Crippen LogP contribution in [-0.2, 0) is 0 Å². The molecule has 0 radical (unpaired) electrons. The van der Waals surface area contributed by atoms with Crippen LogP contribution in [0, 0.1) is 5.41 Å². The Bertz CT molecular complexity index is 307. The lowest BCUT2D eigenvalue weighted by Gasteiger charge is -2.37. The molecule has 2 saturated heterocycles. The highest BCUT2D eigenvalue weighted by Gasteiger charge is 2.41. The maximum Gasteiger partial charge on any atom is 0.0235 e. The van der Waals surface area contributed by atoms with Crippen molar-refractivity contribution in [2.45, 2.75) is 70.5 Å². The molecule has 3 heteroatoms. The highest BCUT2D eigenvalue weighted by atomic mass is 15.3. The van der Waals surface area contributed by atoms with Crippen LogP contribution in [0.25, 0.3) is 0 Å². The van der Waals surface area contributed by atoms with Crippen LogP contribution < -0.4 is 5.73 Å². The molecule has 3 aliphatic rings. The Morgan fingerprint density at radius 1 is 0.947 bits per heavy atom. The van der Waals surface area contributed by atoms with Gasteiger partial charge in [-0.15, -0.1) is 0 Å². The van der Waals surface area contributed by atoms with Gasteiger partial charge in [0.15, 0.2) is 0 Å². The van der Waals surface area contributed by atoms with Gasteiger partial charge in [-0.1, -0.05) is 20.3 Å². The number of rotatable bonds is 2. The lowest BCUT2D eigenvalue weighted by molar-refractivity contribution is 0.112. The molecule has 2 heterocycles. The van der Waals surface area contributed by atoms with E-state index in [2.05, 4.69) is 23.6 Å². The Kier molecular flexibility index (Phi) is 3.89. The van der Waals surface area contributed by atoms with Gasteiger partial charge in [0.05, 0.1) is 0 Å². The van der Waals surface area contributed by atoms with Gasteiger partial charge in [0.1, 0.15) is 0 Å². The van der Waals surface area contributed by atoms with E-state index < -0.39 is 0 Å². The third kappa shape index (κ3) is 2.84. The molecule has 0 amide bonds. The minimum atomic E-state index is 0.461. The number of likely N-dealkylation sites (tertiary alicyclic amines) is 2. The molecule has 19 heavy (non-hydrogen) atoms. The third-order valence-corrected chi connectivity index (χ3v) is 5.93. The van der Waals surface area contributed by atoms with Crippen LogP contribution >= 0.6 is 0 Å². The first-order valence-corrected chi connectivity index (χ1v) is 8.30. The second-order valence-corrected chi connectivity index (χ2v) is 7.71. The number of hydrogen-bond acceptors (Lipinski definition) is 3. The van der Waals surface area contributed by atoms with Gasteiger partial charge < -0.3 is 5.73 Å². The van der Waals surface area contributed by atoms with Crippen molar-refractivity contribution in [3.63, 3.8) is 0 Å². The van der Waals surface area contributed by atoms with E-state index in [0.29, 0.717) is 11.5 Å². The molecule has 3 rings (SSSR count).